The first-order valence-corrected chi connectivity index (χ1v) is 4.56. The number of carboxylic acid groups (broad SMARTS) is 1. The number of phenolic OH excluding ortho intramolecular Hbond substituents is 1. The van der Waals surface area contributed by atoms with E-state index in [1.165, 1.54) is 18.3 Å². The van der Waals surface area contributed by atoms with Crippen molar-refractivity contribution >= 4 is 12.2 Å². The lowest BCUT2D eigenvalue weighted by Crippen LogP contribution is -2.17. The second kappa shape index (κ2) is 5.14. The minimum atomic E-state index is -0.895. The van der Waals surface area contributed by atoms with Crippen molar-refractivity contribution in [3.8, 4) is 5.75 Å². The molecule has 2 N–H and O–H groups in total. The fourth-order valence-electron chi connectivity index (χ4n) is 1.27. The monoisotopic (exact) mass is 207 g/mol. The fourth-order valence-corrected chi connectivity index (χ4v) is 1.27. The second-order valence-corrected chi connectivity index (χ2v) is 3.22. The molecule has 15 heavy (non-hydrogen) atoms. The summed E-state index contributed by atoms with van der Waals surface area (Å²) in [6, 6.07) is 6.48. The summed E-state index contributed by atoms with van der Waals surface area (Å²) in [6.07, 6.45) is 1.79. The Morgan fingerprint density at radius 3 is 2.53 bits per heavy atom. The molecule has 1 atom stereocenters. The van der Waals surface area contributed by atoms with Gasteiger partial charge in [-0.15, -0.1) is 0 Å². The van der Waals surface area contributed by atoms with Crippen LogP contribution in [0.3, 0.4) is 0 Å². The number of carboxylic acids is 1. The van der Waals surface area contributed by atoms with Gasteiger partial charge in [0.2, 0.25) is 0 Å². The van der Waals surface area contributed by atoms with E-state index in [4.69, 9.17) is 10.2 Å². The fraction of sp³-hybridized carbons (Fsp3) is 0.273. The largest absolute Gasteiger partial charge is 0.508 e. The first-order valence-electron chi connectivity index (χ1n) is 4.56. The van der Waals surface area contributed by atoms with Crippen LogP contribution in [0.2, 0.25) is 0 Å². The van der Waals surface area contributed by atoms with E-state index < -0.39 is 11.9 Å². The minimum absolute atomic E-state index is 0.176. The van der Waals surface area contributed by atoms with Gasteiger partial charge in [-0.05, 0) is 24.1 Å². The molecule has 4 nitrogen and oxygen atoms in total. The number of aromatic hydroxyl groups is 1. The highest BCUT2D eigenvalue weighted by Crippen LogP contribution is 2.13. The third-order valence-corrected chi connectivity index (χ3v) is 2.04. The first-order chi connectivity index (χ1) is 7.13. The molecule has 0 aliphatic heterocycles. The maximum atomic E-state index is 10.8. The Labute approximate surface area is 87.9 Å². The van der Waals surface area contributed by atoms with Gasteiger partial charge in [0.15, 0.2) is 0 Å². The Hall–Kier alpha value is -1.84. The van der Waals surface area contributed by atoms with Crippen molar-refractivity contribution in [1.82, 2.24) is 0 Å². The van der Waals surface area contributed by atoms with Crippen LogP contribution in [0.1, 0.15) is 5.56 Å². The van der Waals surface area contributed by atoms with Crippen LogP contribution < -0.4 is 0 Å². The highest BCUT2D eigenvalue weighted by Gasteiger charge is 2.14. The number of hydrogen-bond acceptors (Lipinski definition) is 3. The predicted octanol–water partition coefficient (Wildman–Crippen LogP) is 1.34. The molecule has 0 fully saturated rings. The van der Waals surface area contributed by atoms with Crippen LogP contribution in [0.4, 0.5) is 0 Å². The summed E-state index contributed by atoms with van der Waals surface area (Å²) >= 11 is 0. The van der Waals surface area contributed by atoms with Crippen LogP contribution >= 0.6 is 0 Å². The Bertz CT molecular complexity index is 357. The van der Waals surface area contributed by atoms with Crippen LogP contribution in [0.5, 0.6) is 5.75 Å². The standard InChI is InChI=1S/C11H13NO3/c1-12-7-9(11(14)15)6-8-2-4-10(13)5-3-8/h2-5,7,9,13H,6H2,1H3,(H,14,15). The summed E-state index contributed by atoms with van der Waals surface area (Å²) in [6.45, 7) is 0. The van der Waals surface area contributed by atoms with Gasteiger partial charge >= 0.3 is 5.97 Å². The molecule has 4 heteroatoms. The van der Waals surface area contributed by atoms with E-state index in [9.17, 15) is 4.79 Å². The zero-order chi connectivity index (χ0) is 11.3. The van der Waals surface area contributed by atoms with Crippen LogP contribution in [0, 0.1) is 5.92 Å². The molecule has 0 saturated heterocycles. The average molecular weight is 207 g/mol. The van der Waals surface area contributed by atoms with E-state index in [1.807, 2.05) is 0 Å². The number of aliphatic carboxylic acids is 1. The van der Waals surface area contributed by atoms with Crippen molar-refractivity contribution in [3.05, 3.63) is 29.8 Å². The van der Waals surface area contributed by atoms with Gasteiger partial charge in [-0.2, -0.15) is 0 Å². The van der Waals surface area contributed by atoms with Crippen LogP contribution in [0.15, 0.2) is 29.3 Å². The lowest BCUT2D eigenvalue weighted by Gasteiger charge is -2.06. The van der Waals surface area contributed by atoms with Crippen molar-refractivity contribution < 1.29 is 15.0 Å². The zero-order valence-corrected chi connectivity index (χ0v) is 8.42. The second-order valence-electron chi connectivity index (χ2n) is 3.22. The highest BCUT2D eigenvalue weighted by molar-refractivity contribution is 5.88. The van der Waals surface area contributed by atoms with Gasteiger partial charge in [0.05, 0.1) is 5.92 Å². The average Bonchev–Trinajstić information content (AvgIpc) is 2.20. The molecule has 0 amide bonds. The summed E-state index contributed by atoms with van der Waals surface area (Å²) in [4.78, 5) is 14.5. The molecule has 1 unspecified atom stereocenters. The van der Waals surface area contributed by atoms with Gasteiger partial charge in [0.25, 0.3) is 0 Å². The van der Waals surface area contributed by atoms with E-state index >= 15 is 0 Å². The molecule has 0 aliphatic rings. The number of benzene rings is 1. The van der Waals surface area contributed by atoms with Crippen molar-refractivity contribution in [2.75, 3.05) is 7.05 Å². The van der Waals surface area contributed by atoms with Crippen molar-refractivity contribution in [2.45, 2.75) is 6.42 Å². The van der Waals surface area contributed by atoms with Crippen LogP contribution in [-0.2, 0) is 11.2 Å². The molecule has 0 heterocycles. The number of nitrogens with zero attached hydrogens (tertiary/aromatic N) is 1. The van der Waals surface area contributed by atoms with E-state index in [0.29, 0.717) is 6.42 Å². The third kappa shape index (κ3) is 3.42. The lowest BCUT2D eigenvalue weighted by atomic mass is 10.0. The summed E-state index contributed by atoms with van der Waals surface area (Å²) in [5.74, 6) is -1.33. The van der Waals surface area contributed by atoms with E-state index in [-0.39, 0.29) is 5.75 Å². The molecular weight excluding hydrogens is 194 g/mol. The maximum absolute atomic E-state index is 10.8. The summed E-state index contributed by atoms with van der Waals surface area (Å²) in [5, 5.41) is 17.9. The Kier molecular flexibility index (Phi) is 3.85. The van der Waals surface area contributed by atoms with E-state index in [1.54, 1.807) is 19.2 Å². The van der Waals surface area contributed by atoms with E-state index in [2.05, 4.69) is 4.99 Å². The first kappa shape index (κ1) is 11.2. The lowest BCUT2D eigenvalue weighted by molar-refractivity contribution is -0.139. The van der Waals surface area contributed by atoms with Gasteiger partial charge < -0.3 is 10.2 Å². The maximum Gasteiger partial charge on any atom is 0.312 e. The topological polar surface area (TPSA) is 69.9 Å². The number of aliphatic imine (C=N–C) groups is 1. The molecule has 0 spiro atoms. The molecular formula is C11H13NO3. The molecule has 0 radical (unpaired) electrons. The van der Waals surface area contributed by atoms with Gasteiger partial charge in [-0.25, -0.2) is 0 Å². The molecule has 80 valence electrons. The SMILES string of the molecule is CN=CC(Cc1ccc(O)cc1)C(=O)O. The van der Waals surface area contributed by atoms with Gasteiger partial charge in [0.1, 0.15) is 5.75 Å². The molecule has 1 aromatic rings. The molecule has 0 saturated carbocycles. The minimum Gasteiger partial charge on any atom is -0.508 e. The highest BCUT2D eigenvalue weighted by atomic mass is 16.4. The number of rotatable bonds is 4. The summed E-state index contributed by atoms with van der Waals surface area (Å²) in [5.41, 5.74) is 0.861. The normalized spacial score (nSPS) is 12.9. The van der Waals surface area contributed by atoms with Gasteiger partial charge in [-0.1, -0.05) is 12.1 Å². The van der Waals surface area contributed by atoms with Crippen LogP contribution in [-0.4, -0.2) is 29.4 Å². The predicted molar refractivity (Wildman–Crippen MR) is 57.4 cm³/mol. The molecule has 1 aromatic carbocycles. The quantitative estimate of drug-likeness (QED) is 0.732. The van der Waals surface area contributed by atoms with E-state index in [0.717, 1.165) is 5.56 Å². The molecule has 0 aromatic heterocycles. The van der Waals surface area contributed by atoms with Crippen molar-refractivity contribution in [1.29, 1.82) is 0 Å². The van der Waals surface area contributed by atoms with Crippen molar-refractivity contribution in [2.24, 2.45) is 10.9 Å². The summed E-state index contributed by atoms with van der Waals surface area (Å²) in [7, 11) is 1.55. The molecule has 0 bridgehead atoms. The van der Waals surface area contributed by atoms with Crippen molar-refractivity contribution in [3.63, 3.8) is 0 Å². The summed E-state index contributed by atoms with van der Waals surface area (Å²) < 4.78 is 0. The molecule has 1 rings (SSSR count). The molecule has 0 aliphatic carbocycles. The number of phenols is 1. The van der Waals surface area contributed by atoms with Crippen LogP contribution in [0.25, 0.3) is 0 Å². The van der Waals surface area contributed by atoms with Gasteiger partial charge in [-0.3, -0.25) is 9.79 Å². The Morgan fingerprint density at radius 1 is 1.47 bits per heavy atom. The Morgan fingerprint density at radius 2 is 2.07 bits per heavy atom. The third-order valence-electron chi connectivity index (χ3n) is 2.04. The zero-order valence-electron chi connectivity index (χ0n) is 8.42. The number of carbonyl (C=O) groups is 1. The number of hydrogen-bond donors (Lipinski definition) is 2. The van der Waals surface area contributed by atoms with Gasteiger partial charge in [0, 0.05) is 13.3 Å². The smallest absolute Gasteiger partial charge is 0.312 e. The Balaban J connectivity index is 2.74.